The van der Waals surface area contributed by atoms with E-state index in [-0.39, 0.29) is 12.6 Å². The van der Waals surface area contributed by atoms with Crippen molar-refractivity contribution in [1.82, 2.24) is 10.2 Å². The third-order valence-electron chi connectivity index (χ3n) is 4.30. The van der Waals surface area contributed by atoms with Gasteiger partial charge in [0, 0.05) is 12.6 Å². The lowest BCUT2D eigenvalue weighted by Crippen LogP contribution is -2.59. The van der Waals surface area contributed by atoms with Crippen LogP contribution < -0.4 is 5.32 Å². The summed E-state index contributed by atoms with van der Waals surface area (Å²) in [6.07, 6.45) is 0.435. The van der Waals surface area contributed by atoms with Crippen molar-refractivity contribution in [1.29, 1.82) is 0 Å². The molecule has 6 heteroatoms. The summed E-state index contributed by atoms with van der Waals surface area (Å²) in [6.45, 7) is 2.12. The van der Waals surface area contributed by atoms with Gasteiger partial charge in [-0.3, -0.25) is 4.90 Å². The molecule has 0 radical (unpaired) electrons. The minimum atomic E-state index is -4.17. The summed E-state index contributed by atoms with van der Waals surface area (Å²) in [5, 5.41) is 13.1. The van der Waals surface area contributed by atoms with E-state index in [2.05, 4.69) is 5.32 Å². The van der Waals surface area contributed by atoms with Crippen LogP contribution in [0.3, 0.4) is 0 Å². The van der Waals surface area contributed by atoms with E-state index in [0.29, 0.717) is 12.5 Å². The first-order valence-corrected chi connectivity index (χ1v) is 7.57. The first-order valence-electron chi connectivity index (χ1n) is 7.57. The second-order valence-electron chi connectivity index (χ2n) is 6.27. The fourth-order valence-corrected chi connectivity index (χ4v) is 2.92. The molecule has 20 heavy (non-hydrogen) atoms. The Hall–Kier alpha value is -0.330. The molecule has 3 nitrogen and oxygen atoms in total. The maximum Gasteiger partial charge on any atom is 0.401 e. The third-order valence-corrected chi connectivity index (χ3v) is 4.30. The van der Waals surface area contributed by atoms with Crippen LogP contribution in [0.2, 0.25) is 0 Å². The van der Waals surface area contributed by atoms with Crippen LogP contribution in [-0.2, 0) is 0 Å². The molecule has 2 fully saturated rings. The molecular weight excluding hydrogens is 269 g/mol. The third kappa shape index (κ3) is 4.33. The van der Waals surface area contributed by atoms with Gasteiger partial charge in [0.1, 0.15) is 0 Å². The monoisotopic (exact) mass is 294 g/mol. The molecule has 1 unspecified atom stereocenters. The molecule has 0 saturated heterocycles. The molecule has 0 heterocycles. The quantitative estimate of drug-likeness (QED) is 0.684. The summed E-state index contributed by atoms with van der Waals surface area (Å²) in [4.78, 5) is 1.52. The number of aliphatic hydroxyl groups excluding tert-OH is 1. The van der Waals surface area contributed by atoms with Crippen LogP contribution in [0, 0.1) is 5.92 Å². The van der Waals surface area contributed by atoms with E-state index >= 15 is 0 Å². The van der Waals surface area contributed by atoms with E-state index in [0.717, 1.165) is 38.6 Å². The minimum absolute atomic E-state index is 0.0460. The summed E-state index contributed by atoms with van der Waals surface area (Å²) in [6, 6.07) is 0.0460. The van der Waals surface area contributed by atoms with Gasteiger partial charge < -0.3 is 10.4 Å². The highest BCUT2D eigenvalue weighted by molar-refractivity contribution is 5.04. The molecule has 2 rings (SSSR count). The molecule has 118 valence electrons. The maximum atomic E-state index is 12.7. The van der Waals surface area contributed by atoms with Crippen molar-refractivity contribution < 1.29 is 18.3 Å². The fourth-order valence-electron chi connectivity index (χ4n) is 2.92. The van der Waals surface area contributed by atoms with Gasteiger partial charge >= 0.3 is 6.18 Å². The number of hydrogen-bond acceptors (Lipinski definition) is 3. The zero-order valence-electron chi connectivity index (χ0n) is 12.0. The number of nitrogens with one attached hydrogen (secondary N) is 1. The van der Waals surface area contributed by atoms with Crippen LogP contribution in [0.4, 0.5) is 13.2 Å². The van der Waals surface area contributed by atoms with E-state index in [4.69, 9.17) is 0 Å². The molecule has 0 amide bonds. The lowest BCUT2D eigenvalue weighted by Gasteiger charge is -2.39. The van der Waals surface area contributed by atoms with Crippen molar-refractivity contribution in [2.75, 3.05) is 26.2 Å². The summed E-state index contributed by atoms with van der Waals surface area (Å²) in [7, 11) is 0. The fraction of sp³-hybridized carbons (Fsp3) is 1.00. The molecule has 0 aromatic heterocycles. The van der Waals surface area contributed by atoms with E-state index in [1.54, 1.807) is 0 Å². The summed E-state index contributed by atoms with van der Waals surface area (Å²) in [5.41, 5.74) is -0.552. The number of nitrogens with zero attached hydrogens (tertiary/aromatic N) is 1. The first-order chi connectivity index (χ1) is 9.40. The van der Waals surface area contributed by atoms with Crippen LogP contribution in [0.5, 0.6) is 0 Å². The normalized spacial score (nSPS) is 23.1. The number of halogens is 3. The average molecular weight is 294 g/mol. The van der Waals surface area contributed by atoms with Crippen LogP contribution in [0.15, 0.2) is 0 Å². The van der Waals surface area contributed by atoms with E-state index in [9.17, 15) is 18.3 Å². The van der Waals surface area contributed by atoms with Gasteiger partial charge in [0.2, 0.25) is 0 Å². The number of rotatable bonds is 9. The van der Waals surface area contributed by atoms with E-state index in [1.165, 1.54) is 4.90 Å². The highest BCUT2D eigenvalue weighted by Gasteiger charge is 2.48. The Kier molecular flexibility index (Phi) is 4.97. The van der Waals surface area contributed by atoms with Gasteiger partial charge in [0.25, 0.3) is 0 Å². The van der Waals surface area contributed by atoms with Gasteiger partial charge in [-0.2, -0.15) is 13.2 Å². The largest absolute Gasteiger partial charge is 0.401 e. The van der Waals surface area contributed by atoms with E-state index < -0.39 is 18.3 Å². The Balaban J connectivity index is 2.03. The Labute approximate surface area is 118 Å². The maximum absolute atomic E-state index is 12.7. The average Bonchev–Trinajstić information content (AvgIpc) is 3.23. The number of aliphatic hydroxyl groups is 1. The lowest BCUT2D eigenvalue weighted by molar-refractivity contribution is -0.150. The molecule has 0 bridgehead atoms. The molecule has 1 atom stereocenters. The lowest BCUT2D eigenvalue weighted by atomic mass is 9.92. The van der Waals surface area contributed by atoms with E-state index in [1.807, 2.05) is 6.92 Å². The van der Waals surface area contributed by atoms with Crippen LogP contribution in [-0.4, -0.2) is 54.0 Å². The molecule has 2 saturated carbocycles. The van der Waals surface area contributed by atoms with Gasteiger partial charge in [-0.15, -0.1) is 0 Å². The van der Waals surface area contributed by atoms with Gasteiger partial charge in [-0.1, -0.05) is 6.92 Å². The molecule has 2 N–H and O–H groups in total. The molecule has 2 aliphatic carbocycles. The summed E-state index contributed by atoms with van der Waals surface area (Å²) < 4.78 is 38.2. The standard InChI is InChI=1S/C14H25F3N2O/c1-2-7-18-13(10-20,11-3-4-11)8-19(12-5-6-12)9-14(15,16)17/h11-12,18,20H,2-10H2,1H3. The molecule has 0 aromatic rings. The molecule has 0 aliphatic heterocycles. The van der Waals surface area contributed by atoms with Crippen molar-refractivity contribution in [2.45, 2.75) is 56.8 Å². The van der Waals surface area contributed by atoms with Crippen molar-refractivity contribution in [2.24, 2.45) is 5.92 Å². The predicted octanol–water partition coefficient (Wildman–Crippen LogP) is 2.15. The topological polar surface area (TPSA) is 35.5 Å². The molecule has 0 aromatic carbocycles. The second-order valence-corrected chi connectivity index (χ2v) is 6.27. The van der Waals surface area contributed by atoms with Crippen LogP contribution >= 0.6 is 0 Å². The minimum Gasteiger partial charge on any atom is -0.394 e. The number of alkyl halides is 3. The SMILES string of the molecule is CCCNC(CO)(CN(CC(F)(F)F)C1CC1)C1CC1. The highest BCUT2D eigenvalue weighted by atomic mass is 19.4. The Morgan fingerprint density at radius 3 is 2.20 bits per heavy atom. The van der Waals surface area contributed by atoms with Crippen LogP contribution in [0.1, 0.15) is 39.0 Å². The summed E-state index contributed by atoms with van der Waals surface area (Å²) in [5.74, 6) is 0.313. The number of hydrogen-bond donors (Lipinski definition) is 2. The zero-order valence-corrected chi connectivity index (χ0v) is 12.0. The molecular formula is C14H25F3N2O. The van der Waals surface area contributed by atoms with Crippen LogP contribution in [0.25, 0.3) is 0 Å². The molecule has 2 aliphatic rings. The van der Waals surface area contributed by atoms with Crippen molar-refractivity contribution >= 4 is 0 Å². The van der Waals surface area contributed by atoms with Gasteiger partial charge in [0.15, 0.2) is 0 Å². The first kappa shape index (κ1) is 16.0. The predicted molar refractivity (Wildman–Crippen MR) is 71.5 cm³/mol. The Bertz CT molecular complexity index is 316. The second kappa shape index (κ2) is 6.20. The summed E-state index contributed by atoms with van der Waals surface area (Å²) >= 11 is 0. The van der Waals surface area contributed by atoms with Crippen molar-refractivity contribution in [3.05, 3.63) is 0 Å². The van der Waals surface area contributed by atoms with Gasteiger partial charge in [-0.25, -0.2) is 0 Å². The highest BCUT2D eigenvalue weighted by Crippen LogP contribution is 2.42. The zero-order chi connectivity index (χ0) is 14.8. The van der Waals surface area contributed by atoms with Crippen molar-refractivity contribution in [3.63, 3.8) is 0 Å². The molecule has 0 spiro atoms. The smallest absolute Gasteiger partial charge is 0.394 e. The van der Waals surface area contributed by atoms with Gasteiger partial charge in [0.05, 0.1) is 18.7 Å². The Morgan fingerprint density at radius 1 is 1.15 bits per heavy atom. The Morgan fingerprint density at radius 2 is 1.80 bits per heavy atom. The van der Waals surface area contributed by atoms with Gasteiger partial charge in [-0.05, 0) is 44.6 Å². The van der Waals surface area contributed by atoms with Crippen molar-refractivity contribution in [3.8, 4) is 0 Å².